The molecule has 0 spiro atoms. The number of nitrogens with zero attached hydrogens (tertiary/aromatic N) is 1. The van der Waals surface area contributed by atoms with Gasteiger partial charge in [0.1, 0.15) is 6.04 Å². The van der Waals surface area contributed by atoms with Crippen molar-refractivity contribution in [2.75, 3.05) is 19.6 Å². The zero-order valence-corrected chi connectivity index (χ0v) is 8.93. The maximum atomic E-state index is 12.5. The standard InChI is InChI=1S/C9H19F3N2/c1-4-14(6-7(2)3)8(5-13)9(10,11)12/h7-8H,4-6,13H2,1-3H3. The van der Waals surface area contributed by atoms with Crippen LogP contribution < -0.4 is 5.73 Å². The molecule has 0 fully saturated rings. The molecule has 0 amide bonds. The monoisotopic (exact) mass is 212 g/mol. The van der Waals surface area contributed by atoms with Gasteiger partial charge in [-0.2, -0.15) is 13.2 Å². The zero-order valence-electron chi connectivity index (χ0n) is 8.93. The van der Waals surface area contributed by atoms with Crippen molar-refractivity contribution in [1.82, 2.24) is 4.90 Å². The van der Waals surface area contributed by atoms with Gasteiger partial charge in [0, 0.05) is 13.1 Å². The fraction of sp³-hybridized carbons (Fsp3) is 1.00. The van der Waals surface area contributed by atoms with Crippen LogP contribution in [0.15, 0.2) is 0 Å². The molecule has 14 heavy (non-hydrogen) atoms. The summed E-state index contributed by atoms with van der Waals surface area (Å²) in [7, 11) is 0. The summed E-state index contributed by atoms with van der Waals surface area (Å²) in [6.45, 7) is 5.94. The van der Waals surface area contributed by atoms with Crippen molar-refractivity contribution in [1.29, 1.82) is 0 Å². The Morgan fingerprint density at radius 1 is 1.29 bits per heavy atom. The van der Waals surface area contributed by atoms with Gasteiger partial charge in [0.05, 0.1) is 0 Å². The molecule has 0 aliphatic heterocycles. The van der Waals surface area contributed by atoms with Crippen molar-refractivity contribution in [2.24, 2.45) is 11.7 Å². The molecule has 2 nitrogen and oxygen atoms in total. The lowest BCUT2D eigenvalue weighted by Crippen LogP contribution is -2.51. The maximum absolute atomic E-state index is 12.5. The Hall–Kier alpha value is -0.290. The molecule has 0 rings (SSSR count). The Balaban J connectivity index is 4.45. The molecule has 0 saturated heterocycles. The second kappa shape index (κ2) is 5.56. The van der Waals surface area contributed by atoms with E-state index in [1.807, 2.05) is 13.8 Å². The normalized spacial score (nSPS) is 15.2. The summed E-state index contributed by atoms with van der Waals surface area (Å²) in [6.07, 6.45) is -4.22. The first-order valence-corrected chi connectivity index (χ1v) is 4.83. The van der Waals surface area contributed by atoms with E-state index in [4.69, 9.17) is 5.73 Å². The van der Waals surface area contributed by atoms with E-state index in [0.29, 0.717) is 13.1 Å². The summed E-state index contributed by atoms with van der Waals surface area (Å²) in [5.41, 5.74) is 5.15. The molecule has 0 heterocycles. The molecule has 0 aromatic carbocycles. The van der Waals surface area contributed by atoms with Crippen LogP contribution in [-0.4, -0.2) is 36.8 Å². The lowest BCUT2D eigenvalue weighted by atomic mass is 10.1. The van der Waals surface area contributed by atoms with Gasteiger partial charge in [0.2, 0.25) is 0 Å². The molecule has 5 heteroatoms. The van der Waals surface area contributed by atoms with E-state index in [0.717, 1.165) is 0 Å². The van der Waals surface area contributed by atoms with E-state index < -0.39 is 12.2 Å². The molecule has 1 atom stereocenters. The predicted octanol–water partition coefficient (Wildman–Crippen LogP) is 1.85. The summed E-state index contributed by atoms with van der Waals surface area (Å²) >= 11 is 0. The first-order valence-electron chi connectivity index (χ1n) is 4.83. The van der Waals surface area contributed by atoms with Crippen LogP contribution in [0.3, 0.4) is 0 Å². The highest BCUT2D eigenvalue weighted by atomic mass is 19.4. The minimum absolute atomic E-state index is 0.214. The van der Waals surface area contributed by atoms with Crippen molar-refractivity contribution in [2.45, 2.75) is 33.0 Å². The van der Waals surface area contributed by atoms with Crippen LogP contribution in [0.5, 0.6) is 0 Å². The molecular weight excluding hydrogens is 193 g/mol. The number of hydrogen-bond acceptors (Lipinski definition) is 2. The first-order chi connectivity index (χ1) is 6.32. The Morgan fingerprint density at radius 2 is 1.79 bits per heavy atom. The van der Waals surface area contributed by atoms with Crippen LogP contribution in [0.1, 0.15) is 20.8 Å². The topological polar surface area (TPSA) is 29.3 Å². The minimum atomic E-state index is -4.22. The van der Waals surface area contributed by atoms with Gasteiger partial charge in [-0.3, -0.25) is 4.90 Å². The average molecular weight is 212 g/mol. The second-order valence-electron chi connectivity index (χ2n) is 3.77. The molecule has 0 aromatic heterocycles. The summed E-state index contributed by atoms with van der Waals surface area (Å²) in [4.78, 5) is 1.38. The van der Waals surface area contributed by atoms with Gasteiger partial charge < -0.3 is 5.73 Å². The number of halogens is 3. The molecule has 1 unspecified atom stereocenters. The number of alkyl halides is 3. The Kier molecular flexibility index (Phi) is 5.44. The van der Waals surface area contributed by atoms with Crippen LogP contribution in [0.2, 0.25) is 0 Å². The molecule has 0 saturated carbocycles. The maximum Gasteiger partial charge on any atom is 0.405 e. The highest BCUT2D eigenvalue weighted by molar-refractivity contribution is 4.79. The van der Waals surface area contributed by atoms with E-state index in [9.17, 15) is 13.2 Å². The molecule has 0 bridgehead atoms. The summed E-state index contributed by atoms with van der Waals surface area (Å²) in [5.74, 6) is 0.214. The molecule has 0 aliphatic carbocycles. The van der Waals surface area contributed by atoms with Crippen LogP contribution >= 0.6 is 0 Å². The van der Waals surface area contributed by atoms with Crippen LogP contribution in [0.25, 0.3) is 0 Å². The smallest absolute Gasteiger partial charge is 0.329 e. The van der Waals surface area contributed by atoms with Gasteiger partial charge >= 0.3 is 6.18 Å². The SMILES string of the molecule is CCN(CC(C)C)C(CN)C(F)(F)F. The minimum Gasteiger partial charge on any atom is -0.329 e. The van der Waals surface area contributed by atoms with Crippen LogP contribution in [-0.2, 0) is 0 Å². The molecular formula is C9H19F3N2. The van der Waals surface area contributed by atoms with Gasteiger partial charge in [0.15, 0.2) is 0 Å². The van der Waals surface area contributed by atoms with E-state index in [-0.39, 0.29) is 12.5 Å². The van der Waals surface area contributed by atoms with E-state index >= 15 is 0 Å². The van der Waals surface area contributed by atoms with E-state index in [1.54, 1.807) is 6.92 Å². The Morgan fingerprint density at radius 3 is 2.00 bits per heavy atom. The van der Waals surface area contributed by atoms with E-state index in [2.05, 4.69) is 0 Å². The fourth-order valence-corrected chi connectivity index (χ4v) is 1.44. The Bertz CT molecular complexity index is 157. The highest BCUT2D eigenvalue weighted by Crippen LogP contribution is 2.24. The summed E-state index contributed by atoms with van der Waals surface area (Å²) in [5, 5.41) is 0. The lowest BCUT2D eigenvalue weighted by Gasteiger charge is -2.32. The van der Waals surface area contributed by atoms with Gasteiger partial charge in [-0.25, -0.2) is 0 Å². The largest absolute Gasteiger partial charge is 0.405 e. The molecule has 0 aliphatic rings. The van der Waals surface area contributed by atoms with Crippen molar-refractivity contribution < 1.29 is 13.2 Å². The first kappa shape index (κ1) is 13.7. The highest BCUT2D eigenvalue weighted by Gasteiger charge is 2.41. The number of hydrogen-bond donors (Lipinski definition) is 1. The van der Waals surface area contributed by atoms with Crippen molar-refractivity contribution >= 4 is 0 Å². The Labute approximate surface area is 83.3 Å². The molecule has 86 valence electrons. The third kappa shape index (κ3) is 4.28. The number of likely N-dealkylation sites (N-methyl/N-ethyl adjacent to an activating group) is 1. The van der Waals surface area contributed by atoms with Crippen molar-refractivity contribution in [3.8, 4) is 0 Å². The average Bonchev–Trinajstić information content (AvgIpc) is 2.00. The van der Waals surface area contributed by atoms with Gasteiger partial charge in [-0.05, 0) is 12.5 Å². The van der Waals surface area contributed by atoms with Crippen molar-refractivity contribution in [3.05, 3.63) is 0 Å². The third-order valence-corrected chi connectivity index (χ3v) is 2.05. The number of nitrogens with two attached hydrogens (primary N) is 1. The van der Waals surface area contributed by atoms with Crippen LogP contribution in [0, 0.1) is 5.92 Å². The predicted molar refractivity (Wildman–Crippen MR) is 51.0 cm³/mol. The number of rotatable bonds is 5. The van der Waals surface area contributed by atoms with Crippen LogP contribution in [0.4, 0.5) is 13.2 Å². The third-order valence-electron chi connectivity index (χ3n) is 2.05. The second-order valence-corrected chi connectivity index (χ2v) is 3.77. The molecule has 2 N–H and O–H groups in total. The summed E-state index contributed by atoms with van der Waals surface area (Å²) < 4.78 is 37.5. The van der Waals surface area contributed by atoms with Gasteiger partial charge in [-0.1, -0.05) is 20.8 Å². The van der Waals surface area contributed by atoms with Gasteiger partial charge in [-0.15, -0.1) is 0 Å². The van der Waals surface area contributed by atoms with Crippen molar-refractivity contribution in [3.63, 3.8) is 0 Å². The van der Waals surface area contributed by atoms with Gasteiger partial charge in [0.25, 0.3) is 0 Å². The van der Waals surface area contributed by atoms with E-state index in [1.165, 1.54) is 4.90 Å². The quantitative estimate of drug-likeness (QED) is 0.753. The molecule has 0 radical (unpaired) electrons. The molecule has 0 aromatic rings. The fourth-order valence-electron chi connectivity index (χ4n) is 1.44. The lowest BCUT2D eigenvalue weighted by molar-refractivity contribution is -0.181. The zero-order chi connectivity index (χ0) is 11.4. The summed E-state index contributed by atoms with van der Waals surface area (Å²) in [6, 6.07) is -1.50.